The summed E-state index contributed by atoms with van der Waals surface area (Å²) < 4.78 is 16.1. The summed E-state index contributed by atoms with van der Waals surface area (Å²) in [6, 6.07) is -0.503. The van der Waals surface area contributed by atoms with Gasteiger partial charge in [0.05, 0.1) is 32.0 Å². The van der Waals surface area contributed by atoms with Crippen molar-refractivity contribution in [1.29, 1.82) is 0 Å². The number of aliphatic hydroxyl groups excluding tert-OH is 1. The second-order valence-electron chi connectivity index (χ2n) is 7.74. The summed E-state index contributed by atoms with van der Waals surface area (Å²) in [6.45, 7) is 4.90. The molecule has 1 saturated heterocycles. The Balaban J connectivity index is 2.06. The Kier molecular flexibility index (Phi) is 16.7. The third kappa shape index (κ3) is 15.0. The van der Waals surface area contributed by atoms with Crippen molar-refractivity contribution < 1.29 is 23.5 Å². The Morgan fingerprint density at radius 1 is 1.03 bits per heavy atom. The van der Waals surface area contributed by atoms with E-state index in [2.05, 4.69) is 12.2 Å². The van der Waals surface area contributed by atoms with Crippen LogP contribution in [0.15, 0.2) is 12.2 Å². The Morgan fingerprint density at radius 2 is 1.59 bits per heavy atom. The Labute approximate surface area is 178 Å². The van der Waals surface area contributed by atoms with Gasteiger partial charge in [-0.3, -0.25) is 4.79 Å². The minimum atomic E-state index is -1.35. The van der Waals surface area contributed by atoms with E-state index in [1.54, 1.807) is 6.08 Å². The third-order valence-corrected chi connectivity index (χ3v) is 6.09. The molecule has 0 spiro atoms. The molecule has 1 amide bonds. The van der Waals surface area contributed by atoms with Crippen LogP contribution in [0.25, 0.3) is 0 Å². The van der Waals surface area contributed by atoms with Crippen molar-refractivity contribution in [3.63, 3.8) is 0 Å². The smallest absolute Gasteiger partial charge is 0.332 e. The van der Waals surface area contributed by atoms with Crippen LogP contribution in [-0.4, -0.2) is 43.0 Å². The molecule has 6 nitrogen and oxygen atoms in total. The Bertz CT molecular complexity index is 429. The van der Waals surface area contributed by atoms with Crippen LogP contribution in [0, 0.1) is 0 Å². The standard InChI is InChI=1S/C22H42NO5P/c1-3-4-5-6-7-8-9-10-11-12-13-14-15-16-22(25)21(23-20(2)24)19-28-29-26-17-18-27-29/h15-16,21-22,25H,3-14,17-19H2,1-2H3,(H,23,24)/t21-,22+/m0/s1. The summed E-state index contributed by atoms with van der Waals surface area (Å²) in [6.07, 6.45) is 18.5. The number of hydrogen-bond acceptors (Lipinski definition) is 5. The summed E-state index contributed by atoms with van der Waals surface area (Å²) in [7, 11) is -1.35. The van der Waals surface area contributed by atoms with E-state index in [1.165, 1.54) is 71.1 Å². The summed E-state index contributed by atoms with van der Waals surface area (Å²) in [4.78, 5) is 11.4. The molecule has 2 atom stereocenters. The molecule has 2 N–H and O–H groups in total. The largest absolute Gasteiger partial charge is 0.387 e. The van der Waals surface area contributed by atoms with Gasteiger partial charge in [0, 0.05) is 6.92 Å². The summed E-state index contributed by atoms with van der Waals surface area (Å²) in [5, 5.41) is 13.1. The highest BCUT2D eigenvalue weighted by Crippen LogP contribution is 2.43. The fourth-order valence-electron chi connectivity index (χ4n) is 3.26. The van der Waals surface area contributed by atoms with E-state index in [4.69, 9.17) is 13.6 Å². The highest BCUT2D eigenvalue weighted by molar-refractivity contribution is 7.41. The zero-order valence-corrected chi connectivity index (χ0v) is 19.3. The van der Waals surface area contributed by atoms with Gasteiger partial charge in [0.15, 0.2) is 0 Å². The Morgan fingerprint density at radius 3 is 2.14 bits per heavy atom. The SMILES string of the molecule is CCCCCCCCCCCCCC=C[C@@H](O)[C@H](COP1OCCO1)NC(C)=O. The molecule has 1 rings (SSSR count). The molecule has 0 unspecified atom stereocenters. The average Bonchev–Trinajstić information content (AvgIpc) is 3.22. The molecule has 0 aliphatic carbocycles. The normalized spacial score (nSPS) is 17.1. The molecule has 1 aliphatic rings. The van der Waals surface area contributed by atoms with Crippen LogP contribution in [-0.2, 0) is 18.4 Å². The molecule has 7 heteroatoms. The maximum Gasteiger partial charge on any atom is 0.332 e. The van der Waals surface area contributed by atoms with E-state index in [1.807, 2.05) is 6.08 Å². The molecule has 0 saturated carbocycles. The second-order valence-corrected chi connectivity index (χ2v) is 8.96. The van der Waals surface area contributed by atoms with E-state index in [0.29, 0.717) is 13.2 Å². The molecule has 0 bridgehead atoms. The number of unbranched alkanes of at least 4 members (excludes halogenated alkanes) is 11. The predicted octanol–water partition coefficient (Wildman–Crippen LogP) is 5.40. The number of aliphatic hydroxyl groups is 1. The lowest BCUT2D eigenvalue weighted by molar-refractivity contribution is -0.120. The molecule has 0 radical (unpaired) electrons. The minimum absolute atomic E-state index is 0.162. The monoisotopic (exact) mass is 431 g/mol. The molecule has 1 aliphatic heterocycles. The molecule has 170 valence electrons. The van der Waals surface area contributed by atoms with Crippen molar-refractivity contribution in [1.82, 2.24) is 5.32 Å². The molecule has 1 heterocycles. The van der Waals surface area contributed by atoms with Crippen molar-refractivity contribution in [2.45, 2.75) is 103 Å². The van der Waals surface area contributed by atoms with Crippen LogP contribution in [0.5, 0.6) is 0 Å². The lowest BCUT2D eigenvalue weighted by Crippen LogP contribution is -2.44. The number of carbonyl (C=O) groups excluding carboxylic acids is 1. The minimum Gasteiger partial charge on any atom is -0.387 e. The van der Waals surface area contributed by atoms with Crippen LogP contribution >= 0.6 is 8.60 Å². The maximum absolute atomic E-state index is 11.4. The number of rotatable bonds is 18. The summed E-state index contributed by atoms with van der Waals surface area (Å²) >= 11 is 0. The molecule has 1 fully saturated rings. The maximum atomic E-state index is 11.4. The number of carbonyl (C=O) groups is 1. The van der Waals surface area contributed by atoms with Gasteiger partial charge in [-0.1, -0.05) is 83.3 Å². The van der Waals surface area contributed by atoms with Gasteiger partial charge in [0.2, 0.25) is 5.91 Å². The van der Waals surface area contributed by atoms with Crippen LogP contribution in [0.1, 0.15) is 90.9 Å². The highest BCUT2D eigenvalue weighted by atomic mass is 31.2. The zero-order valence-electron chi connectivity index (χ0n) is 18.4. The van der Waals surface area contributed by atoms with E-state index in [0.717, 1.165) is 12.8 Å². The number of hydrogen-bond donors (Lipinski definition) is 2. The van der Waals surface area contributed by atoms with Crippen molar-refractivity contribution in [3.8, 4) is 0 Å². The summed E-state index contributed by atoms with van der Waals surface area (Å²) in [5.74, 6) is -0.197. The first-order valence-corrected chi connectivity index (χ1v) is 12.5. The van der Waals surface area contributed by atoms with E-state index in [9.17, 15) is 9.90 Å². The molecule has 0 aromatic heterocycles. The number of amides is 1. The van der Waals surface area contributed by atoms with Crippen LogP contribution in [0.2, 0.25) is 0 Å². The average molecular weight is 432 g/mol. The van der Waals surface area contributed by atoms with Gasteiger partial charge in [-0.15, -0.1) is 0 Å². The van der Waals surface area contributed by atoms with E-state index >= 15 is 0 Å². The number of nitrogens with one attached hydrogen (secondary N) is 1. The first kappa shape index (κ1) is 26.5. The molecular weight excluding hydrogens is 389 g/mol. The predicted molar refractivity (Wildman–Crippen MR) is 119 cm³/mol. The fourth-order valence-corrected chi connectivity index (χ4v) is 4.21. The van der Waals surface area contributed by atoms with Crippen molar-refractivity contribution in [2.24, 2.45) is 0 Å². The van der Waals surface area contributed by atoms with E-state index in [-0.39, 0.29) is 12.5 Å². The van der Waals surface area contributed by atoms with Gasteiger partial charge >= 0.3 is 8.60 Å². The van der Waals surface area contributed by atoms with E-state index < -0.39 is 20.7 Å². The van der Waals surface area contributed by atoms with Gasteiger partial charge < -0.3 is 24.0 Å². The van der Waals surface area contributed by atoms with Gasteiger partial charge in [0.1, 0.15) is 0 Å². The molecule has 29 heavy (non-hydrogen) atoms. The zero-order chi connectivity index (χ0) is 21.2. The van der Waals surface area contributed by atoms with Crippen molar-refractivity contribution in [3.05, 3.63) is 12.2 Å². The topological polar surface area (TPSA) is 77.0 Å². The molecular formula is C22H42NO5P. The van der Waals surface area contributed by atoms with Crippen LogP contribution in [0.4, 0.5) is 0 Å². The van der Waals surface area contributed by atoms with Gasteiger partial charge in [-0.2, -0.15) is 0 Å². The fraction of sp³-hybridized carbons (Fsp3) is 0.864. The van der Waals surface area contributed by atoms with Crippen LogP contribution in [0.3, 0.4) is 0 Å². The van der Waals surface area contributed by atoms with Crippen molar-refractivity contribution >= 4 is 14.5 Å². The number of allylic oxidation sites excluding steroid dienone is 1. The third-order valence-electron chi connectivity index (χ3n) is 4.94. The highest BCUT2D eigenvalue weighted by Gasteiger charge is 2.24. The lowest BCUT2D eigenvalue weighted by atomic mass is 10.0. The molecule has 0 aromatic rings. The lowest BCUT2D eigenvalue weighted by Gasteiger charge is -2.22. The van der Waals surface area contributed by atoms with Gasteiger partial charge in [0.25, 0.3) is 0 Å². The van der Waals surface area contributed by atoms with Crippen LogP contribution < -0.4 is 5.32 Å². The van der Waals surface area contributed by atoms with Gasteiger partial charge in [-0.25, -0.2) is 0 Å². The van der Waals surface area contributed by atoms with Gasteiger partial charge in [-0.05, 0) is 12.8 Å². The summed E-state index contributed by atoms with van der Waals surface area (Å²) in [5.41, 5.74) is 0. The quantitative estimate of drug-likeness (QED) is 0.173. The first-order valence-electron chi connectivity index (χ1n) is 11.4. The second kappa shape index (κ2) is 18.3. The molecule has 0 aromatic carbocycles. The van der Waals surface area contributed by atoms with Crippen molar-refractivity contribution in [2.75, 3.05) is 19.8 Å². The first-order chi connectivity index (χ1) is 14.1. The Hall–Kier alpha value is -0.520.